The minimum atomic E-state index is -0.339. The molecule has 0 heterocycles. The Balaban J connectivity index is 0.000000271. The topological polar surface area (TPSA) is 59.6 Å². The summed E-state index contributed by atoms with van der Waals surface area (Å²) in [5.41, 5.74) is 2.87. The van der Waals surface area contributed by atoms with Crippen molar-refractivity contribution in [2.24, 2.45) is 0 Å². The van der Waals surface area contributed by atoms with Crippen LogP contribution < -0.4 is 15.4 Å². The van der Waals surface area contributed by atoms with Crippen LogP contribution in [0.2, 0.25) is 0 Å². The van der Waals surface area contributed by atoms with Crippen molar-refractivity contribution in [2.75, 3.05) is 14.2 Å². The predicted octanol–water partition coefficient (Wildman–Crippen LogP) is 5.74. The molecule has 2 aromatic rings. The maximum atomic E-state index is 11.6. The van der Waals surface area contributed by atoms with Crippen LogP contribution in [0, 0.1) is 0 Å². The molecule has 34 heavy (non-hydrogen) atoms. The number of ether oxygens (including phenoxy) is 2. The van der Waals surface area contributed by atoms with Gasteiger partial charge in [0.1, 0.15) is 5.75 Å². The van der Waals surface area contributed by atoms with Crippen LogP contribution in [0.5, 0.6) is 5.75 Å². The van der Waals surface area contributed by atoms with Gasteiger partial charge in [-0.05, 0) is 62.6 Å². The van der Waals surface area contributed by atoms with E-state index in [0.717, 1.165) is 30.3 Å². The lowest BCUT2D eigenvalue weighted by molar-refractivity contribution is 0.0600. The zero-order valence-corrected chi connectivity index (χ0v) is 20.9. The molecule has 2 saturated carbocycles. The summed E-state index contributed by atoms with van der Waals surface area (Å²) >= 11 is 0. The minimum absolute atomic E-state index is 0.339. The SMILES string of the molecule is CC/C=C\c1ccccc1.COC(=O)c1ccc(CNC2CCC(NC3CC3)CC2)c(OC)c1. The molecule has 2 aromatic carbocycles. The molecule has 5 nitrogen and oxygen atoms in total. The summed E-state index contributed by atoms with van der Waals surface area (Å²) in [5.74, 6) is 0.392. The Morgan fingerprint density at radius 2 is 1.59 bits per heavy atom. The van der Waals surface area contributed by atoms with Gasteiger partial charge in [0.05, 0.1) is 19.8 Å². The zero-order valence-electron chi connectivity index (χ0n) is 20.9. The van der Waals surface area contributed by atoms with Gasteiger partial charge >= 0.3 is 5.97 Å². The van der Waals surface area contributed by atoms with Crippen molar-refractivity contribution in [2.45, 2.75) is 76.5 Å². The molecule has 0 unspecified atom stereocenters. The number of rotatable bonds is 9. The first kappa shape index (κ1) is 26.0. The highest BCUT2D eigenvalue weighted by atomic mass is 16.5. The van der Waals surface area contributed by atoms with Gasteiger partial charge in [0.15, 0.2) is 0 Å². The van der Waals surface area contributed by atoms with Gasteiger partial charge in [-0.2, -0.15) is 0 Å². The first-order valence-electron chi connectivity index (χ1n) is 12.6. The van der Waals surface area contributed by atoms with Crippen LogP contribution >= 0.6 is 0 Å². The number of carbonyl (C=O) groups is 1. The van der Waals surface area contributed by atoms with Crippen molar-refractivity contribution >= 4 is 12.0 Å². The largest absolute Gasteiger partial charge is 0.496 e. The molecule has 2 aliphatic rings. The van der Waals surface area contributed by atoms with Gasteiger partial charge in [0, 0.05) is 30.2 Å². The molecule has 2 aliphatic carbocycles. The quantitative estimate of drug-likeness (QED) is 0.463. The molecular weight excluding hydrogens is 424 g/mol. The maximum Gasteiger partial charge on any atom is 0.337 e. The van der Waals surface area contributed by atoms with E-state index in [-0.39, 0.29) is 5.97 Å². The van der Waals surface area contributed by atoms with Gasteiger partial charge < -0.3 is 20.1 Å². The number of carbonyl (C=O) groups excluding carboxylic acids is 1. The number of benzene rings is 2. The second-order valence-electron chi connectivity index (χ2n) is 9.11. The molecule has 5 heteroatoms. The minimum Gasteiger partial charge on any atom is -0.496 e. The fourth-order valence-electron chi connectivity index (χ4n) is 4.26. The summed E-state index contributed by atoms with van der Waals surface area (Å²) in [4.78, 5) is 11.6. The normalized spacial score (nSPS) is 19.9. The van der Waals surface area contributed by atoms with E-state index in [2.05, 4.69) is 54.0 Å². The fraction of sp³-hybridized carbons (Fsp3) is 0.483. The Hall–Kier alpha value is -2.63. The first-order chi connectivity index (χ1) is 16.6. The van der Waals surface area contributed by atoms with E-state index >= 15 is 0 Å². The second kappa shape index (κ2) is 13.9. The smallest absolute Gasteiger partial charge is 0.337 e. The molecule has 184 valence electrons. The Kier molecular flexibility index (Phi) is 10.6. The lowest BCUT2D eigenvalue weighted by Crippen LogP contribution is -2.40. The maximum absolute atomic E-state index is 11.6. The highest BCUT2D eigenvalue weighted by Gasteiger charge is 2.27. The number of hydrogen-bond acceptors (Lipinski definition) is 5. The standard InChI is InChI=1S/C19H28N2O3.C10H12/c1-23-18-11-13(19(22)24-2)3-4-14(18)12-20-15-5-7-16(8-6-15)21-17-9-10-17;1-2-3-7-10-8-5-4-6-9-10/h3-4,11,15-17,20-21H,5-10,12H2,1-2H3;3-9H,2H2,1H3/b;7-3-. The third-order valence-corrected chi connectivity index (χ3v) is 6.41. The van der Waals surface area contributed by atoms with Crippen molar-refractivity contribution in [1.29, 1.82) is 0 Å². The molecule has 4 rings (SSSR count). The molecule has 2 fully saturated rings. The predicted molar refractivity (Wildman–Crippen MR) is 139 cm³/mol. The Morgan fingerprint density at radius 3 is 2.18 bits per heavy atom. The monoisotopic (exact) mass is 464 g/mol. The van der Waals surface area contributed by atoms with Crippen LogP contribution in [0.3, 0.4) is 0 Å². The fourth-order valence-corrected chi connectivity index (χ4v) is 4.26. The summed E-state index contributed by atoms with van der Waals surface area (Å²) in [6.07, 6.45) is 13.1. The summed E-state index contributed by atoms with van der Waals surface area (Å²) in [7, 11) is 3.02. The van der Waals surface area contributed by atoms with Gasteiger partial charge in [-0.3, -0.25) is 0 Å². The van der Waals surface area contributed by atoms with Crippen molar-refractivity contribution < 1.29 is 14.3 Å². The van der Waals surface area contributed by atoms with Crippen molar-refractivity contribution in [3.8, 4) is 5.75 Å². The van der Waals surface area contributed by atoms with Gasteiger partial charge in [0.2, 0.25) is 0 Å². The molecule has 0 aromatic heterocycles. The van der Waals surface area contributed by atoms with Crippen LogP contribution in [0.25, 0.3) is 6.08 Å². The molecule has 2 N–H and O–H groups in total. The molecule has 0 bridgehead atoms. The van der Waals surface area contributed by atoms with E-state index in [0.29, 0.717) is 17.6 Å². The van der Waals surface area contributed by atoms with Crippen LogP contribution in [-0.4, -0.2) is 38.3 Å². The highest BCUT2D eigenvalue weighted by molar-refractivity contribution is 5.89. The summed E-state index contributed by atoms with van der Waals surface area (Å²) in [6.45, 7) is 2.90. The van der Waals surface area contributed by atoms with E-state index in [1.54, 1.807) is 19.2 Å². The summed E-state index contributed by atoms with van der Waals surface area (Å²) in [5, 5.41) is 7.38. The third-order valence-electron chi connectivity index (χ3n) is 6.41. The highest BCUT2D eigenvalue weighted by Crippen LogP contribution is 2.26. The van der Waals surface area contributed by atoms with E-state index < -0.39 is 0 Å². The van der Waals surface area contributed by atoms with Gasteiger partial charge in [-0.25, -0.2) is 4.79 Å². The van der Waals surface area contributed by atoms with Crippen LogP contribution in [0.15, 0.2) is 54.6 Å². The molecule has 0 aliphatic heterocycles. The second-order valence-corrected chi connectivity index (χ2v) is 9.11. The van der Waals surface area contributed by atoms with Gasteiger partial charge in [-0.15, -0.1) is 0 Å². The Bertz CT molecular complexity index is 901. The average Bonchev–Trinajstić information content (AvgIpc) is 3.71. The summed E-state index contributed by atoms with van der Waals surface area (Å²) < 4.78 is 10.2. The molecule has 0 atom stereocenters. The Morgan fingerprint density at radius 1 is 0.941 bits per heavy atom. The molecule has 0 spiro atoms. The van der Waals surface area contributed by atoms with Crippen molar-refractivity contribution in [1.82, 2.24) is 10.6 Å². The molecular formula is C29H40N2O3. The average molecular weight is 465 g/mol. The lowest BCUT2D eigenvalue weighted by atomic mass is 9.91. The number of hydrogen-bond donors (Lipinski definition) is 2. The van der Waals surface area contributed by atoms with E-state index in [4.69, 9.17) is 9.47 Å². The number of allylic oxidation sites excluding steroid dienone is 1. The number of nitrogens with one attached hydrogen (secondary N) is 2. The number of esters is 1. The Labute approximate surface area is 204 Å². The molecule has 0 radical (unpaired) electrons. The van der Waals surface area contributed by atoms with E-state index in [1.165, 1.54) is 51.2 Å². The van der Waals surface area contributed by atoms with E-state index in [9.17, 15) is 4.79 Å². The van der Waals surface area contributed by atoms with Crippen LogP contribution in [0.4, 0.5) is 0 Å². The molecule has 0 amide bonds. The zero-order chi connectivity index (χ0) is 24.2. The summed E-state index contributed by atoms with van der Waals surface area (Å²) in [6, 6.07) is 17.9. The van der Waals surface area contributed by atoms with Crippen LogP contribution in [0.1, 0.15) is 73.4 Å². The lowest BCUT2D eigenvalue weighted by Gasteiger charge is -2.30. The first-order valence-corrected chi connectivity index (χ1v) is 12.6. The van der Waals surface area contributed by atoms with E-state index in [1.807, 2.05) is 12.1 Å². The third kappa shape index (κ3) is 8.62. The van der Waals surface area contributed by atoms with Crippen molar-refractivity contribution in [3.63, 3.8) is 0 Å². The van der Waals surface area contributed by atoms with Gasteiger partial charge in [0.25, 0.3) is 0 Å². The van der Waals surface area contributed by atoms with Gasteiger partial charge in [-0.1, -0.05) is 55.5 Å². The van der Waals surface area contributed by atoms with Crippen molar-refractivity contribution in [3.05, 3.63) is 71.3 Å². The number of methoxy groups -OCH3 is 2. The van der Waals surface area contributed by atoms with Crippen LogP contribution in [-0.2, 0) is 11.3 Å². The molecule has 0 saturated heterocycles.